The zero-order chi connectivity index (χ0) is 13.0. The molecule has 1 aliphatic heterocycles. The van der Waals surface area contributed by atoms with E-state index >= 15 is 0 Å². The van der Waals surface area contributed by atoms with E-state index in [1.54, 1.807) is 25.3 Å². The third kappa shape index (κ3) is 2.63. The molecule has 0 bridgehead atoms. The number of nitrogens with one attached hydrogen (secondary N) is 2. The predicted octanol–water partition coefficient (Wildman–Crippen LogP) is 1.01. The molecule has 0 spiro atoms. The van der Waals surface area contributed by atoms with Crippen LogP contribution < -0.4 is 21.1 Å². The van der Waals surface area contributed by atoms with E-state index in [0.717, 1.165) is 5.70 Å². The number of allylic oxidation sites excluding steroid dienone is 2. The Balaban J connectivity index is 2.17. The number of ether oxygens (including phenoxy) is 1. The minimum absolute atomic E-state index is 0.241. The molecule has 1 aromatic carbocycles. The van der Waals surface area contributed by atoms with Crippen molar-refractivity contribution in [3.8, 4) is 5.75 Å². The molecule has 0 aromatic heterocycles. The van der Waals surface area contributed by atoms with Gasteiger partial charge in [-0.25, -0.2) is 0 Å². The van der Waals surface area contributed by atoms with Gasteiger partial charge in [-0.05, 0) is 36.6 Å². The Bertz CT molecular complexity index is 521. The molecule has 4 N–H and O–H groups in total. The van der Waals surface area contributed by atoms with Crippen LogP contribution >= 0.6 is 0 Å². The molecule has 18 heavy (non-hydrogen) atoms. The van der Waals surface area contributed by atoms with Gasteiger partial charge in [0.25, 0.3) is 5.91 Å². The summed E-state index contributed by atoms with van der Waals surface area (Å²) in [5.74, 6) is 0.361. The zero-order valence-electron chi connectivity index (χ0n) is 10.1. The smallest absolute Gasteiger partial charge is 0.257 e. The highest BCUT2D eigenvalue weighted by Gasteiger charge is 2.12. The molecule has 0 saturated heterocycles. The second-order valence-corrected chi connectivity index (χ2v) is 3.84. The molecule has 2 rings (SSSR count). The maximum absolute atomic E-state index is 12.1. The van der Waals surface area contributed by atoms with Crippen LogP contribution in [-0.4, -0.2) is 19.6 Å². The summed E-state index contributed by atoms with van der Waals surface area (Å²) in [6.07, 6.45) is 5.48. The SMILES string of the molecule is COc1ccc(N)c(C(=O)NC2=CC=CNC2)c1. The summed E-state index contributed by atoms with van der Waals surface area (Å²) in [4.78, 5) is 12.1. The van der Waals surface area contributed by atoms with Crippen LogP contribution in [0.25, 0.3) is 0 Å². The first-order valence-electron chi connectivity index (χ1n) is 5.54. The van der Waals surface area contributed by atoms with Crippen LogP contribution in [0.3, 0.4) is 0 Å². The van der Waals surface area contributed by atoms with Crippen molar-refractivity contribution >= 4 is 11.6 Å². The van der Waals surface area contributed by atoms with E-state index in [1.807, 2.05) is 18.4 Å². The third-order valence-corrected chi connectivity index (χ3v) is 2.58. The van der Waals surface area contributed by atoms with Gasteiger partial charge in [0, 0.05) is 11.4 Å². The topological polar surface area (TPSA) is 76.4 Å². The van der Waals surface area contributed by atoms with Gasteiger partial charge in [0.1, 0.15) is 5.75 Å². The number of nitrogen functional groups attached to an aromatic ring is 1. The maximum atomic E-state index is 12.1. The molecule has 1 heterocycles. The van der Waals surface area contributed by atoms with E-state index in [9.17, 15) is 4.79 Å². The van der Waals surface area contributed by atoms with E-state index < -0.39 is 0 Å². The first kappa shape index (κ1) is 12.0. The quantitative estimate of drug-likeness (QED) is 0.695. The van der Waals surface area contributed by atoms with Crippen LogP contribution in [-0.2, 0) is 0 Å². The minimum Gasteiger partial charge on any atom is -0.497 e. The molecule has 94 valence electrons. The highest BCUT2D eigenvalue weighted by molar-refractivity contribution is 6.00. The van der Waals surface area contributed by atoms with Crippen LogP contribution in [0.1, 0.15) is 10.4 Å². The van der Waals surface area contributed by atoms with Crippen molar-refractivity contribution in [2.75, 3.05) is 19.4 Å². The fourth-order valence-electron chi connectivity index (χ4n) is 1.62. The highest BCUT2D eigenvalue weighted by atomic mass is 16.5. The fourth-order valence-corrected chi connectivity index (χ4v) is 1.62. The Morgan fingerprint density at radius 3 is 3.00 bits per heavy atom. The van der Waals surface area contributed by atoms with Crippen molar-refractivity contribution in [1.82, 2.24) is 10.6 Å². The Hall–Kier alpha value is -2.43. The fraction of sp³-hybridized carbons (Fsp3) is 0.154. The van der Waals surface area contributed by atoms with Crippen LogP contribution in [0, 0.1) is 0 Å². The van der Waals surface area contributed by atoms with Crippen molar-refractivity contribution in [3.05, 3.63) is 47.8 Å². The van der Waals surface area contributed by atoms with Crippen molar-refractivity contribution in [2.45, 2.75) is 0 Å². The lowest BCUT2D eigenvalue weighted by Gasteiger charge is -2.13. The van der Waals surface area contributed by atoms with Gasteiger partial charge in [0.2, 0.25) is 0 Å². The molecule has 1 aromatic rings. The van der Waals surface area contributed by atoms with E-state index in [2.05, 4.69) is 10.6 Å². The molecule has 5 heteroatoms. The van der Waals surface area contributed by atoms with E-state index in [1.165, 1.54) is 0 Å². The normalized spacial score (nSPS) is 13.5. The van der Waals surface area contributed by atoms with Crippen molar-refractivity contribution in [2.24, 2.45) is 0 Å². The first-order chi connectivity index (χ1) is 8.70. The van der Waals surface area contributed by atoms with Gasteiger partial charge in [-0.3, -0.25) is 4.79 Å². The third-order valence-electron chi connectivity index (χ3n) is 2.58. The molecule has 0 saturated carbocycles. The van der Waals surface area contributed by atoms with Crippen molar-refractivity contribution in [1.29, 1.82) is 0 Å². The molecular weight excluding hydrogens is 230 g/mol. The number of dihydropyridines is 1. The number of hydrogen-bond acceptors (Lipinski definition) is 4. The molecule has 1 amide bonds. The Morgan fingerprint density at radius 1 is 1.50 bits per heavy atom. The van der Waals surface area contributed by atoms with Gasteiger partial charge in [0.05, 0.1) is 19.2 Å². The van der Waals surface area contributed by atoms with Crippen LogP contribution in [0.15, 0.2) is 42.2 Å². The summed E-state index contributed by atoms with van der Waals surface area (Å²) in [5, 5.41) is 5.81. The van der Waals surface area contributed by atoms with Crippen LogP contribution in [0.4, 0.5) is 5.69 Å². The molecule has 0 atom stereocenters. The average Bonchev–Trinajstić information content (AvgIpc) is 2.40. The van der Waals surface area contributed by atoms with Gasteiger partial charge in [-0.2, -0.15) is 0 Å². The van der Waals surface area contributed by atoms with Gasteiger partial charge < -0.3 is 21.1 Å². The number of nitrogens with two attached hydrogens (primary N) is 1. The van der Waals surface area contributed by atoms with Gasteiger partial charge in [-0.1, -0.05) is 0 Å². The lowest BCUT2D eigenvalue weighted by atomic mass is 10.1. The summed E-state index contributed by atoms with van der Waals surface area (Å²) in [6.45, 7) is 0.589. The van der Waals surface area contributed by atoms with E-state index in [0.29, 0.717) is 23.5 Å². The standard InChI is InChI=1S/C13H15N3O2/c1-18-10-4-5-12(14)11(7-10)13(17)16-9-3-2-6-15-8-9/h2-7,15H,8,14H2,1H3,(H,16,17). The van der Waals surface area contributed by atoms with Crippen LogP contribution in [0.2, 0.25) is 0 Å². The number of hydrogen-bond donors (Lipinski definition) is 3. The second-order valence-electron chi connectivity index (χ2n) is 3.84. The number of benzene rings is 1. The first-order valence-corrected chi connectivity index (χ1v) is 5.54. The molecule has 0 aliphatic carbocycles. The average molecular weight is 245 g/mol. The number of methoxy groups -OCH3 is 1. The van der Waals surface area contributed by atoms with Crippen LogP contribution in [0.5, 0.6) is 5.75 Å². The highest BCUT2D eigenvalue weighted by Crippen LogP contribution is 2.19. The monoisotopic (exact) mass is 245 g/mol. The molecule has 0 radical (unpaired) electrons. The second kappa shape index (κ2) is 5.27. The maximum Gasteiger partial charge on any atom is 0.257 e. The molecule has 1 aliphatic rings. The van der Waals surface area contributed by atoms with Crippen molar-refractivity contribution < 1.29 is 9.53 Å². The molecule has 5 nitrogen and oxygen atoms in total. The van der Waals surface area contributed by atoms with Gasteiger partial charge >= 0.3 is 0 Å². The summed E-state index contributed by atoms with van der Waals surface area (Å²) in [7, 11) is 1.55. The zero-order valence-corrected chi connectivity index (χ0v) is 10.1. The summed E-state index contributed by atoms with van der Waals surface area (Å²) < 4.78 is 5.08. The van der Waals surface area contributed by atoms with Gasteiger partial charge in [-0.15, -0.1) is 0 Å². The molecule has 0 unspecified atom stereocenters. The number of carbonyl (C=O) groups is 1. The summed E-state index contributed by atoms with van der Waals surface area (Å²) in [5.41, 5.74) is 7.41. The van der Waals surface area contributed by atoms with E-state index in [4.69, 9.17) is 10.5 Å². The Kier molecular flexibility index (Phi) is 3.52. The minimum atomic E-state index is -0.241. The summed E-state index contributed by atoms with van der Waals surface area (Å²) in [6, 6.07) is 4.99. The Morgan fingerprint density at radius 2 is 2.33 bits per heavy atom. The van der Waals surface area contributed by atoms with Gasteiger partial charge in [0.15, 0.2) is 0 Å². The molecule has 0 fully saturated rings. The van der Waals surface area contributed by atoms with Crippen molar-refractivity contribution in [3.63, 3.8) is 0 Å². The number of rotatable bonds is 3. The lowest BCUT2D eigenvalue weighted by molar-refractivity contribution is 0.0965. The Labute approximate surface area is 105 Å². The molecular formula is C13H15N3O2. The number of anilines is 1. The lowest BCUT2D eigenvalue weighted by Crippen LogP contribution is -2.29. The summed E-state index contributed by atoms with van der Waals surface area (Å²) >= 11 is 0. The predicted molar refractivity (Wildman–Crippen MR) is 70.1 cm³/mol. The van der Waals surface area contributed by atoms with E-state index in [-0.39, 0.29) is 5.91 Å². The number of carbonyl (C=O) groups excluding carboxylic acids is 1. The largest absolute Gasteiger partial charge is 0.497 e. The number of amides is 1.